The minimum absolute atomic E-state index is 0.140. The molecule has 0 unspecified atom stereocenters. The Labute approximate surface area is 181 Å². The number of hydrogen-bond donors (Lipinski definition) is 0. The van der Waals surface area contributed by atoms with Gasteiger partial charge in [-0.15, -0.1) is 0 Å². The van der Waals surface area contributed by atoms with Crippen molar-refractivity contribution in [2.75, 3.05) is 44.7 Å². The van der Waals surface area contributed by atoms with Crippen LogP contribution in [-0.4, -0.2) is 60.3 Å². The highest BCUT2D eigenvalue weighted by Gasteiger charge is 2.23. The summed E-state index contributed by atoms with van der Waals surface area (Å²) >= 11 is 0. The molecule has 0 saturated carbocycles. The van der Waals surface area contributed by atoms with Crippen LogP contribution in [0.1, 0.15) is 28.4 Å². The molecule has 7 heteroatoms. The molecule has 7 nitrogen and oxygen atoms in total. The SMILES string of the molecule is CCN1CCN(c2nc3cc(C(=O)OC)ccc3c(=O)n2-c2cc(C)cc(C)c2)CC1. The van der Waals surface area contributed by atoms with Crippen LogP contribution in [0.25, 0.3) is 16.6 Å². The number of fused-ring (bicyclic) bond motifs is 1. The number of hydrogen-bond acceptors (Lipinski definition) is 6. The molecule has 1 fully saturated rings. The predicted octanol–water partition coefficient (Wildman–Crippen LogP) is 2.93. The third-order valence-corrected chi connectivity index (χ3v) is 5.84. The Hall–Kier alpha value is -3.19. The van der Waals surface area contributed by atoms with Crippen LogP contribution in [0.3, 0.4) is 0 Å². The fourth-order valence-electron chi connectivity index (χ4n) is 4.21. The van der Waals surface area contributed by atoms with Crippen LogP contribution < -0.4 is 10.5 Å². The number of carbonyl (C=O) groups excluding carboxylic acids is 1. The van der Waals surface area contributed by atoms with Crippen molar-refractivity contribution in [1.82, 2.24) is 14.5 Å². The van der Waals surface area contributed by atoms with Crippen molar-refractivity contribution in [2.45, 2.75) is 20.8 Å². The molecule has 1 saturated heterocycles. The summed E-state index contributed by atoms with van der Waals surface area (Å²) in [6.07, 6.45) is 0. The number of ether oxygens (including phenoxy) is 1. The lowest BCUT2D eigenvalue weighted by Gasteiger charge is -2.35. The first-order valence-corrected chi connectivity index (χ1v) is 10.6. The number of benzene rings is 2. The summed E-state index contributed by atoms with van der Waals surface area (Å²) in [5.41, 5.74) is 3.73. The minimum atomic E-state index is -0.444. The standard InChI is InChI=1S/C24H28N4O3/c1-5-26-8-10-27(11-9-26)24-25-21-15-18(23(30)31-4)6-7-20(21)22(29)28(24)19-13-16(2)12-17(3)14-19/h6-7,12-15H,5,8-11H2,1-4H3. The molecule has 2 aromatic carbocycles. The topological polar surface area (TPSA) is 67.7 Å². The first kappa shape index (κ1) is 21.1. The first-order valence-electron chi connectivity index (χ1n) is 10.6. The van der Waals surface area contributed by atoms with Gasteiger partial charge < -0.3 is 14.5 Å². The van der Waals surface area contributed by atoms with Gasteiger partial charge in [-0.05, 0) is 61.9 Å². The van der Waals surface area contributed by atoms with E-state index in [0.29, 0.717) is 22.4 Å². The first-order chi connectivity index (χ1) is 14.9. The van der Waals surface area contributed by atoms with Gasteiger partial charge >= 0.3 is 5.97 Å². The average molecular weight is 421 g/mol. The fourth-order valence-corrected chi connectivity index (χ4v) is 4.21. The number of piperazine rings is 1. The third kappa shape index (κ3) is 4.05. The maximum absolute atomic E-state index is 13.7. The van der Waals surface area contributed by atoms with Crippen LogP contribution >= 0.6 is 0 Å². The van der Waals surface area contributed by atoms with Gasteiger partial charge in [0.1, 0.15) is 0 Å². The number of carbonyl (C=O) groups is 1. The number of methoxy groups -OCH3 is 1. The molecule has 0 spiro atoms. The summed E-state index contributed by atoms with van der Waals surface area (Å²) in [5.74, 6) is 0.167. The van der Waals surface area contributed by atoms with Crippen molar-refractivity contribution in [3.63, 3.8) is 0 Å². The number of esters is 1. The van der Waals surface area contributed by atoms with Crippen LogP contribution in [0, 0.1) is 13.8 Å². The van der Waals surface area contributed by atoms with Crippen LogP contribution in [-0.2, 0) is 4.74 Å². The van der Waals surface area contributed by atoms with Gasteiger partial charge in [0.05, 0.1) is 29.3 Å². The van der Waals surface area contributed by atoms with Gasteiger partial charge in [-0.3, -0.25) is 4.79 Å². The number of aryl methyl sites for hydroxylation is 2. The lowest BCUT2D eigenvalue weighted by molar-refractivity contribution is 0.0601. The smallest absolute Gasteiger partial charge is 0.337 e. The average Bonchev–Trinajstić information content (AvgIpc) is 2.77. The molecule has 4 rings (SSSR count). The van der Waals surface area contributed by atoms with Crippen LogP contribution in [0.5, 0.6) is 0 Å². The number of anilines is 1. The molecule has 1 aliphatic heterocycles. The third-order valence-electron chi connectivity index (χ3n) is 5.84. The second kappa shape index (κ2) is 8.51. The second-order valence-electron chi connectivity index (χ2n) is 8.04. The van der Waals surface area contributed by atoms with Crippen molar-refractivity contribution < 1.29 is 9.53 Å². The Morgan fingerprint density at radius 2 is 1.71 bits per heavy atom. The van der Waals surface area contributed by atoms with Crippen LogP contribution in [0.4, 0.5) is 5.95 Å². The van der Waals surface area contributed by atoms with E-state index in [1.165, 1.54) is 7.11 Å². The van der Waals surface area contributed by atoms with E-state index in [1.54, 1.807) is 22.8 Å². The molecule has 162 valence electrons. The number of nitrogens with zero attached hydrogens (tertiary/aromatic N) is 4. The van der Waals surface area contributed by atoms with E-state index in [0.717, 1.165) is 49.5 Å². The van der Waals surface area contributed by atoms with Gasteiger partial charge in [0.2, 0.25) is 5.95 Å². The summed E-state index contributed by atoms with van der Waals surface area (Å²) in [6, 6.07) is 11.0. The quantitative estimate of drug-likeness (QED) is 0.605. The lowest BCUT2D eigenvalue weighted by Crippen LogP contribution is -2.48. The van der Waals surface area contributed by atoms with E-state index in [2.05, 4.69) is 22.8 Å². The molecule has 31 heavy (non-hydrogen) atoms. The molecule has 0 bridgehead atoms. The van der Waals surface area contributed by atoms with Crippen molar-refractivity contribution in [3.8, 4) is 5.69 Å². The number of rotatable bonds is 4. The molecular weight excluding hydrogens is 392 g/mol. The molecule has 1 aromatic heterocycles. The Kier molecular flexibility index (Phi) is 5.78. The minimum Gasteiger partial charge on any atom is -0.465 e. The zero-order valence-corrected chi connectivity index (χ0v) is 18.5. The van der Waals surface area contributed by atoms with Gasteiger partial charge in [-0.25, -0.2) is 14.3 Å². The van der Waals surface area contributed by atoms with E-state index < -0.39 is 5.97 Å². The zero-order chi connectivity index (χ0) is 22.1. The number of likely N-dealkylation sites (N-methyl/N-ethyl adjacent to an activating group) is 1. The monoisotopic (exact) mass is 420 g/mol. The summed E-state index contributed by atoms with van der Waals surface area (Å²) in [4.78, 5) is 35.1. The normalized spacial score (nSPS) is 14.8. The summed E-state index contributed by atoms with van der Waals surface area (Å²) < 4.78 is 6.55. The van der Waals surface area contributed by atoms with Gasteiger partial charge in [0.15, 0.2) is 0 Å². The molecular formula is C24H28N4O3. The maximum Gasteiger partial charge on any atom is 0.337 e. The Balaban J connectivity index is 1.94. The second-order valence-corrected chi connectivity index (χ2v) is 8.04. The highest BCUT2D eigenvalue weighted by molar-refractivity contribution is 5.94. The van der Waals surface area contributed by atoms with Gasteiger partial charge in [0, 0.05) is 26.2 Å². The summed E-state index contributed by atoms with van der Waals surface area (Å²) in [5, 5.41) is 0.475. The van der Waals surface area contributed by atoms with E-state index >= 15 is 0 Å². The predicted molar refractivity (Wildman–Crippen MR) is 122 cm³/mol. The van der Waals surface area contributed by atoms with E-state index in [1.807, 2.05) is 26.0 Å². The molecule has 2 heterocycles. The molecule has 0 atom stereocenters. The largest absolute Gasteiger partial charge is 0.465 e. The van der Waals surface area contributed by atoms with Crippen molar-refractivity contribution in [2.24, 2.45) is 0 Å². The van der Waals surface area contributed by atoms with Crippen LogP contribution in [0.15, 0.2) is 41.2 Å². The fraction of sp³-hybridized carbons (Fsp3) is 0.375. The Morgan fingerprint density at radius 1 is 1.03 bits per heavy atom. The lowest BCUT2D eigenvalue weighted by atomic mass is 10.1. The van der Waals surface area contributed by atoms with Gasteiger partial charge in [-0.1, -0.05) is 13.0 Å². The van der Waals surface area contributed by atoms with Gasteiger partial charge in [-0.2, -0.15) is 0 Å². The molecule has 0 N–H and O–H groups in total. The van der Waals surface area contributed by atoms with Crippen molar-refractivity contribution in [1.29, 1.82) is 0 Å². The number of aromatic nitrogens is 2. The highest BCUT2D eigenvalue weighted by Crippen LogP contribution is 2.23. The van der Waals surface area contributed by atoms with E-state index in [4.69, 9.17) is 9.72 Å². The van der Waals surface area contributed by atoms with Crippen molar-refractivity contribution in [3.05, 3.63) is 63.4 Å². The molecule has 3 aromatic rings. The van der Waals surface area contributed by atoms with E-state index in [9.17, 15) is 9.59 Å². The molecule has 1 aliphatic rings. The summed E-state index contributed by atoms with van der Waals surface area (Å²) in [6.45, 7) is 10.6. The zero-order valence-electron chi connectivity index (χ0n) is 18.5. The van der Waals surface area contributed by atoms with E-state index in [-0.39, 0.29) is 5.56 Å². The summed E-state index contributed by atoms with van der Waals surface area (Å²) in [7, 11) is 1.34. The Morgan fingerprint density at radius 3 is 2.32 bits per heavy atom. The molecule has 0 radical (unpaired) electrons. The highest BCUT2D eigenvalue weighted by atomic mass is 16.5. The molecule has 0 aliphatic carbocycles. The molecule has 0 amide bonds. The van der Waals surface area contributed by atoms with Crippen LogP contribution in [0.2, 0.25) is 0 Å². The maximum atomic E-state index is 13.7. The Bertz CT molecular complexity index is 1170. The van der Waals surface area contributed by atoms with Gasteiger partial charge in [0.25, 0.3) is 5.56 Å². The van der Waals surface area contributed by atoms with Crippen molar-refractivity contribution >= 4 is 22.8 Å².